The minimum Gasteiger partial charge on any atom is -0.481 e. The van der Waals surface area contributed by atoms with E-state index in [0.29, 0.717) is 23.9 Å². The molecular formula is C26H44N4OY. The average Bonchev–Trinajstić information content (AvgIpc) is 3.35. The van der Waals surface area contributed by atoms with Crippen LogP contribution in [0.25, 0.3) is 11.0 Å². The van der Waals surface area contributed by atoms with Gasteiger partial charge in [0, 0.05) is 50.5 Å². The van der Waals surface area contributed by atoms with Gasteiger partial charge < -0.3 is 9.72 Å². The van der Waals surface area contributed by atoms with Crippen LogP contribution in [0.1, 0.15) is 86.3 Å². The van der Waals surface area contributed by atoms with Gasteiger partial charge in [0.2, 0.25) is 5.88 Å². The molecule has 32 heavy (non-hydrogen) atoms. The predicted octanol–water partition coefficient (Wildman–Crippen LogP) is 7.23. The zero-order valence-electron chi connectivity index (χ0n) is 18.2. The first kappa shape index (κ1) is 32.9. The zero-order valence-corrected chi connectivity index (χ0v) is 21.1. The van der Waals surface area contributed by atoms with E-state index in [9.17, 15) is 0 Å². The first-order valence-electron chi connectivity index (χ1n) is 10.2. The third kappa shape index (κ3) is 8.24. The summed E-state index contributed by atoms with van der Waals surface area (Å²) in [6.07, 6.45) is 2.50. The molecule has 1 N–H and O–H groups in total. The predicted molar refractivity (Wildman–Crippen MR) is 135 cm³/mol. The number of para-hydroxylation sites is 2. The van der Waals surface area contributed by atoms with Crippen LogP contribution >= 0.6 is 0 Å². The molecule has 3 heterocycles. The second kappa shape index (κ2) is 15.5. The number of H-pyrrole nitrogens is 1. The SMILES string of the molecule is C.C.C.CC(C)N1CCCC1c1nc2ccccc2[nH]1.COc1cccc(C(C)C)n1.[Y]. The van der Waals surface area contributed by atoms with Gasteiger partial charge in [0.05, 0.1) is 24.2 Å². The van der Waals surface area contributed by atoms with Crippen molar-refractivity contribution in [2.24, 2.45) is 0 Å². The Balaban J connectivity index is 0. The molecule has 177 valence electrons. The van der Waals surface area contributed by atoms with Crippen LogP contribution < -0.4 is 4.74 Å². The third-order valence-corrected chi connectivity index (χ3v) is 5.23. The van der Waals surface area contributed by atoms with Crippen LogP contribution in [0.15, 0.2) is 42.5 Å². The van der Waals surface area contributed by atoms with Crippen molar-refractivity contribution in [2.75, 3.05) is 13.7 Å². The van der Waals surface area contributed by atoms with E-state index in [0.717, 1.165) is 22.6 Å². The van der Waals surface area contributed by atoms with Crippen LogP contribution in [0, 0.1) is 0 Å². The second-order valence-electron chi connectivity index (χ2n) is 7.89. The number of imidazole rings is 1. The van der Waals surface area contributed by atoms with E-state index in [4.69, 9.17) is 9.72 Å². The number of methoxy groups -OCH3 is 1. The first-order chi connectivity index (χ1) is 13.5. The van der Waals surface area contributed by atoms with Crippen molar-refractivity contribution in [2.45, 2.75) is 80.8 Å². The number of nitrogens with zero attached hydrogens (tertiary/aromatic N) is 3. The maximum Gasteiger partial charge on any atom is 0.213 e. The molecule has 1 unspecified atom stereocenters. The van der Waals surface area contributed by atoms with E-state index in [1.165, 1.54) is 19.4 Å². The normalized spacial score (nSPS) is 15.0. The van der Waals surface area contributed by atoms with Crippen LogP contribution in [0.3, 0.4) is 0 Å². The number of aromatic nitrogens is 3. The van der Waals surface area contributed by atoms with Crippen molar-refractivity contribution in [3.05, 3.63) is 54.0 Å². The summed E-state index contributed by atoms with van der Waals surface area (Å²) in [4.78, 5) is 15.0. The Kier molecular flexibility index (Phi) is 16.0. The number of rotatable bonds is 4. The fraction of sp³-hybridized carbons (Fsp3) is 0.538. The van der Waals surface area contributed by atoms with E-state index in [1.54, 1.807) is 7.11 Å². The number of nitrogens with one attached hydrogen (secondary N) is 1. The summed E-state index contributed by atoms with van der Waals surface area (Å²) in [6.45, 7) is 9.95. The molecule has 0 aliphatic carbocycles. The second-order valence-corrected chi connectivity index (χ2v) is 7.89. The Hall–Kier alpha value is -1.30. The van der Waals surface area contributed by atoms with Gasteiger partial charge in [-0.1, -0.05) is 54.3 Å². The van der Waals surface area contributed by atoms with Crippen LogP contribution in [-0.4, -0.2) is 39.5 Å². The topological polar surface area (TPSA) is 54.0 Å². The molecule has 0 saturated carbocycles. The molecular weight excluding hydrogens is 473 g/mol. The number of likely N-dealkylation sites (tertiary alicyclic amines) is 1. The molecule has 1 aliphatic heterocycles. The minimum absolute atomic E-state index is 0. The molecule has 1 aliphatic rings. The quantitative estimate of drug-likeness (QED) is 0.397. The Labute approximate surface area is 221 Å². The molecule has 1 atom stereocenters. The minimum atomic E-state index is 0. The zero-order chi connectivity index (χ0) is 20.1. The summed E-state index contributed by atoms with van der Waals surface area (Å²) >= 11 is 0. The monoisotopic (exact) mass is 517 g/mol. The number of hydrogen-bond acceptors (Lipinski definition) is 4. The Bertz CT molecular complexity index is 861. The number of pyridine rings is 1. The third-order valence-electron chi connectivity index (χ3n) is 5.23. The standard InChI is InChI=1S/C14H19N3.C9H13NO.3CH4.Y/c1-10(2)17-9-5-8-13(17)14-15-11-6-3-4-7-12(11)16-14;1-7(2)8-5-4-6-9(10-8)11-3;;;;/h3-4,6-7,10,13H,5,8-9H2,1-2H3,(H,15,16);4-7H,1-3H3;3*1H4;. The molecule has 4 rings (SSSR count). The van der Waals surface area contributed by atoms with Gasteiger partial charge >= 0.3 is 0 Å². The van der Waals surface area contributed by atoms with Gasteiger partial charge in [0.15, 0.2) is 0 Å². The molecule has 0 bridgehead atoms. The van der Waals surface area contributed by atoms with E-state index in [2.05, 4.69) is 60.8 Å². The molecule has 2 aromatic heterocycles. The molecule has 6 heteroatoms. The van der Waals surface area contributed by atoms with Gasteiger partial charge in [-0.15, -0.1) is 0 Å². The van der Waals surface area contributed by atoms with Gasteiger partial charge in [-0.3, -0.25) is 4.90 Å². The largest absolute Gasteiger partial charge is 0.481 e. The summed E-state index contributed by atoms with van der Waals surface area (Å²) in [5, 5.41) is 0. The smallest absolute Gasteiger partial charge is 0.213 e. The van der Waals surface area contributed by atoms with Crippen molar-refractivity contribution < 1.29 is 37.4 Å². The first-order valence-corrected chi connectivity index (χ1v) is 10.2. The van der Waals surface area contributed by atoms with Gasteiger partial charge in [-0.05, 0) is 57.4 Å². The maximum absolute atomic E-state index is 4.99. The number of ether oxygens (including phenoxy) is 1. The molecule has 0 amide bonds. The van der Waals surface area contributed by atoms with Crippen molar-refractivity contribution in [3.63, 3.8) is 0 Å². The molecule has 1 saturated heterocycles. The van der Waals surface area contributed by atoms with Crippen molar-refractivity contribution in [3.8, 4) is 5.88 Å². The van der Waals surface area contributed by atoms with Crippen LogP contribution in [0.5, 0.6) is 5.88 Å². The van der Waals surface area contributed by atoms with Gasteiger partial charge in [0.25, 0.3) is 0 Å². The summed E-state index contributed by atoms with van der Waals surface area (Å²) < 4.78 is 4.99. The molecule has 1 radical (unpaired) electrons. The molecule has 0 spiro atoms. The summed E-state index contributed by atoms with van der Waals surface area (Å²) in [5.74, 6) is 2.29. The van der Waals surface area contributed by atoms with Gasteiger partial charge in [-0.2, -0.15) is 0 Å². The van der Waals surface area contributed by atoms with Crippen molar-refractivity contribution >= 4 is 11.0 Å². The van der Waals surface area contributed by atoms with Crippen molar-refractivity contribution in [1.29, 1.82) is 0 Å². The van der Waals surface area contributed by atoms with E-state index < -0.39 is 0 Å². The molecule has 5 nitrogen and oxygen atoms in total. The summed E-state index contributed by atoms with van der Waals surface area (Å²) in [6, 6.07) is 15.2. The van der Waals surface area contributed by atoms with E-state index >= 15 is 0 Å². The maximum atomic E-state index is 4.99. The fourth-order valence-corrected chi connectivity index (χ4v) is 3.70. The number of fused-ring (bicyclic) bond motifs is 1. The Morgan fingerprint density at radius 2 is 1.66 bits per heavy atom. The van der Waals surface area contributed by atoms with Crippen LogP contribution in [0.2, 0.25) is 0 Å². The molecule has 1 fully saturated rings. The molecule has 1 aromatic carbocycles. The number of benzene rings is 1. The number of hydrogen-bond donors (Lipinski definition) is 1. The van der Waals surface area contributed by atoms with Crippen LogP contribution in [-0.2, 0) is 32.7 Å². The Morgan fingerprint density at radius 3 is 2.25 bits per heavy atom. The van der Waals surface area contributed by atoms with E-state index in [1.807, 2.05) is 24.3 Å². The Morgan fingerprint density at radius 1 is 0.969 bits per heavy atom. The van der Waals surface area contributed by atoms with Crippen molar-refractivity contribution in [1.82, 2.24) is 19.9 Å². The van der Waals surface area contributed by atoms with E-state index in [-0.39, 0.29) is 55.0 Å². The average molecular weight is 518 g/mol. The number of aromatic amines is 1. The summed E-state index contributed by atoms with van der Waals surface area (Å²) in [5.41, 5.74) is 3.31. The van der Waals surface area contributed by atoms with Crippen LogP contribution in [0.4, 0.5) is 0 Å². The molecule has 3 aromatic rings. The summed E-state index contributed by atoms with van der Waals surface area (Å²) in [7, 11) is 1.63. The van der Waals surface area contributed by atoms with Gasteiger partial charge in [-0.25, -0.2) is 9.97 Å². The fourth-order valence-electron chi connectivity index (χ4n) is 3.70. The van der Waals surface area contributed by atoms with Gasteiger partial charge in [0.1, 0.15) is 5.82 Å².